The number of hydrogen-bond acceptors (Lipinski definition) is 9. The Kier molecular flexibility index (Phi) is 11.9. The number of nitrogens with two attached hydrogens (primary N) is 1. The standard InChI is InChI=1S/C21H24N4O3.C21H26N4O/c26-21-15-18-14-19(25(27)28)6-7-20(18)24(21)13-12-22-8-10-23(11-9-22)16-17-4-2-1-3-5-17;22-19-6-7-20-18(14-19)15-21(26)25(20)13-12-23-8-10-24(11-9-23)16-17-4-2-1-3-5-17/h1-7,14H,8-13,15-16H2;1-7,14H,8-13,15-16,22H2. The van der Waals surface area contributed by atoms with Crippen LogP contribution in [0.1, 0.15) is 22.3 Å². The number of fused-ring (bicyclic) bond motifs is 2. The van der Waals surface area contributed by atoms with Crippen LogP contribution in [0.15, 0.2) is 97.1 Å². The topological polar surface area (TPSA) is 123 Å². The maximum Gasteiger partial charge on any atom is 0.269 e. The lowest BCUT2D eigenvalue weighted by atomic mass is 10.1. The SMILES string of the molecule is Nc1ccc2c(c1)CC(=O)N2CCN1CCN(Cc2ccccc2)CC1.O=C1Cc2cc([N+](=O)[O-])ccc2N1CCN1CCN(Cc2ccccc2)CC1. The number of carbonyl (C=O) groups excluding carboxylic acids is 2. The van der Waals surface area contributed by atoms with Gasteiger partial charge in [0.1, 0.15) is 0 Å². The van der Waals surface area contributed by atoms with Crippen molar-refractivity contribution in [1.29, 1.82) is 0 Å². The number of benzene rings is 4. The molecule has 4 heterocycles. The number of piperazine rings is 2. The zero-order chi connectivity index (χ0) is 37.4. The average Bonchev–Trinajstić information content (AvgIpc) is 3.68. The highest BCUT2D eigenvalue weighted by atomic mass is 16.6. The van der Waals surface area contributed by atoms with Crippen molar-refractivity contribution in [3.05, 3.63) is 129 Å². The molecule has 0 spiro atoms. The summed E-state index contributed by atoms with van der Waals surface area (Å²) in [6, 6.07) is 31.6. The Morgan fingerprint density at radius 1 is 0.537 bits per heavy atom. The molecule has 4 aliphatic rings. The number of amides is 2. The van der Waals surface area contributed by atoms with E-state index in [0.29, 0.717) is 13.0 Å². The second kappa shape index (κ2) is 17.3. The molecule has 12 heteroatoms. The van der Waals surface area contributed by atoms with Crippen LogP contribution in [0.5, 0.6) is 0 Å². The number of carbonyl (C=O) groups is 2. The number of non-ortho nitro benzene ring substituents is 1. The van der Waals surface area contributed by atoms with E-state index < -0.39 is 4.92 Å². The summed E-state index contributed by atoms with van der Waals surface area (Å²) in [5.74, 6) is 0.214. The highest BCUT2D eigenvalue weighted by Crippen LogP contribution is 2.32. The first kappa shape index (κ1) is 37.2. The van der Waals surface area contributed by atoms with Crippen LogP contribution in [-0.2, 0) is 35.5 Å². The molecule has 0 bridgehead atoms. The first-order valence-electron chi connectivity index (χ1n) is 19.0. The lowest BCUT2D eigenvalue weighted by Gasteiger charge is -2.35. The van der Waals surface area contributed by atoms with E-state index in [4.69, 9.17) is 5.73 Å². The van der Waals surface area contributed by atoms with E-state index in [1.54, 1.807) is 11.0 Å². The fourth-order valence-electron chi connectivity index (χ4n) is 7.88. The van der Waals surface area contributed by atoms with E-state index in [1.807, 2.05) is 29.2 Å². The number of anilines is 3. The summed E-state index contributed by atoms with van der Waals surface area (Å²) < 4.78 is 0. The third kappa shape index (κ3) is 9.31. The molecule has 4 aromatic rings. The Bertz CT molecular complexity index is 1910. The van der Waals surface area contributed by atoms with Gasteiger partial charge in [0, 0.05) is 121 Å². The number of rotatable bonds is 11. The molecular weight excluding hydrogens is 681 g/mol. The van der Waals surface area contributed by atoms with Gasteiger partial charge in [-0.3, -0.25) is 39.3 Å². The lowest BCUT2D eigenvalue weighted by Crippen LogP contribution is -2.48. The molecule has 0 unspecified atom stereocenters. The molecule has 54 heavy (non-hydrogen) atoms. The minimum atomic E-state index is -0.414. The molecule has 12 nitrogen and oxygen atoms in total. The summed E-state index contributed by atoms with van der Waals surface area (Å²) >= 11 is 0. The quantitative estimate of drug-likeness (QED) is 0.137. The highest BCUT2D eigenvalue weighted by molar-refractivity contribution is 6.02. The van der Waals surface area contributed by atoms with Crippen LogP contribution in [0.25, 0.3) is 0 Å². The van der Waals surface area contributed by atoms with Crippen molar-refractivity contribution in [1.82, 2.24) is 19.6 Å². The van der Waals surface area contributed by atoms with Gasteiger partial charge in [-0.15, -0.1) is 0 Å². The van der Waals surface area contributed by atoms with Crippen LogP contribution >= 0.6 is 0 Å². The van der Waals surface area contributed by atoms with Gasteiger partial charge in [0.25, 0.3) is 5.69 Å². The minimum Gasteiger partial charge on any atom is -0.399 e. The Balaban J connectivity index is 0.000000167. The average molecular weight is 731 g/mol. The number of nitro benzene ring substituents is 1. The molecule has 0 atom stereocenters. The highest BCUT2D eigenvalue weighted by Gasteiger charge is 2.30. The summed E-state index contributed by atoms with van der Waals surface area (Å²) in [6.45, 7) is 13.4. The van der Waals surface area contributed by atoms with Gasteiger partial charge in [-0.2, -0.15) is 0 Å². The molecule has 282 valence electrons. The summed E-state index contributed by atoms with van der Waals surface area (Å²) in [6.07, 6.45) is 0.729. The van der Waals surface area contributed by atoms with Gasteiger partial charge in [0.15, 0.2) is 0 Å². The molecule has 2 saturated heterocycles. The lowest BCUT2D eigenvalue weighted by molar-refractivity contribution is -0.384. The molecule has 2 fully saturated rings. The normalized spacial score (nSPS) is 18.0. The minimum absolute atomic E-state index is 0.0261. The zero-order valence-corrected chi connectivity index (χ0v) is 30.9. The van der Waals surface area contributed by atoms with E-state index in [-0.39, 0.29) is 23.9 Å². The largest absolute Gasteiger partial charge is 0.399 e. The van der Waals surface area contributed by atoms with Gasteiger partial charge < -0.3 is 15.5 Å². The van der Waals surface area contributed by atoms with Crippen LogP contribution < -0.4 is 15.5 Å². The predicted molar refractivity (Wildman–Crippen MR) is 212 cm³/mol. The van der Waals surface area contributed by atoms with Crippen molar-refractivity contribution >= 4 is 34.6 Å². The van der Waals surface area contributed by atoms with Crippen LogP contribution in [0.4, 0.5) is 22.7 Å². The summed E-state index contributed by atoms with van der Waals surface area (Å²) in [7, 11) is 0. The van der Waals surface area contributed by atoms with Crippen molar-refractivity contribution in [2.24, 2.45) is 0 Å². The predicted octanol–water partition coefficient (Wildman–Crippen LogP) is 4.28. The first-order chi connectivity index (χ1) is 26.3. The third-order valence-corrected chi connectivity index (χ3v) is 11.0. The molecule has 0 radical (unpaired) electrons. The van der Waals surface area contributed by atoms with Gasteiger partial charge in [0.2, 0.25) is 11.8 Å². The van der Waals surface area contributed by atoms with Crippen LogP contribution in [-0.4, -0.2) is 115 Å². The summed E-state index contributed by atoms with van der Waals surface area (Å²) in [4.78, 5) is 48.7. The van der Waals surface area contributed by atoms with E-state index in [0.717, 1.165) is 113 Å². The van der Waals surface area contributed by atoms with Crippen molar-refractivity contribution in [3.8, 4) is 0 Å². The van der Waals surface area contributed by atoms with Gasteiger partial charge >= 0.3 is 0 Å². The summed E-state index contributed by atoms with van der Waals surface area (Å²) in [5.41, 5.74) is 13.0. The fourth-order valence-corrected chi connectivity index (χ4v) is 7.88. The van der Waals surface area contributed by atoms with E-state index in [9.17, 15) is 19.7 Å². The molecule has 8 rings (SSSR count). The van der Waals surface area contributed by atoms with Gasteiger partial charge in [-0.05, 0) is 46.5 Å². The Hall–Kier alpha value is -5.14. The van der Waals surface area contributed by atoms with Crippen molar-refractivity contribution < 1.29 is 14.5 Å². The molecule has 0 saturated carbocycles. The van der Waals surface area contributed by atoms with Gasteiger partial charge in [0.05, 0.1) is 17.8 Å². The Labute approximate surface area is 317 Å². The molecular formula is C42H50N8O4. The third-order valence-electron chi connectivity index (χ3n) is 11.0. The Morgan fingerprint density at radius 3 is 1.43 bits per heavy atom. The van der Waals surface area contributed by atoms with Crippen LogP contribution in [0.2, 0.25) is 0 Å². The number of nitrogens with zero attached hydrogens (tertiary/aromatic N) is 7. The van der Waals surface area contributed by atoms with Crippen molar-refractivity contribution in [2.75, 3.05) is 94.1 Å². The molecule has 4 aliphatic heterocycles. The maximum atomic E-state index is 12.4. The molecule has 4 aromatic carbocycles. The van der Waals surface area contributed by atoms with Crippen LogP contribution in [0, 0.1) is 10.1 Å². The zero-order valence-electron chi connectivity index (χ0n) is 30.9. The molecule has 2 N–H and O–H groups in total. The second-order valence-electron chi connectivity index (χ2n) is 14.6. The van der Waals surface area contributed by atoms with Crippen molar-refractivity contribution in [2.45, 2.75) is 25.9 Å². The van der Waals surface area contributed by atoms with Gasteiger partial charge in [-0.1, -0.05) is 60.7 Å². The maximum absolute atomic E-state index is 12.4. The fraction of sp³-hybridized carbons (Fsp3) is 0.381. The first-order valence-corrected chi connectivity index (χ1v) is 19.0. The van der Waals surface area contributed by atoms with E-state index in [1.165, 1.54) is 23.3 Å². The summed E-state index contributed by atoms with van der Waals surface area (Å²) in [5, 5.41) is 10.9. The van der Waals surface area contributed by atoms with Gasteiger partial charge in [-0.25, -0.2) is 0 Å². The van der Waals surface area contributed by atoms with Crippen molar-refractivity contribution in [3.63, 3.8) is 0 Å². The number of nitrogen functional groups attached to an aromatic ring is 1. The van der Waals surface area contributed by atoms with E-state index >= 15 is 0 Å². The second-order valence-corrected chi connectivity index (χ2v) is 14.6. The molecule has 0 aromatic heterocycles. The Morgan fingerprint density at radius 2 is 0.963 bits per heavy atom. The number of nitro groups is 1. The molecule has 2 amide bonds. The number of hydrogen-bond donors (Lipinski definition) is 1. The smallest absolute Gasteiger partial charge is 0.269 e. The van der Waals surface area contributed by atoms with Crippen LogP contribution in [0.3, 0.4) is 0 Å². The molecule has 0 aliphatic carbocycles. The monoisotopic (exact) mass is 730 g/mol. The van der Waals surface area contributed by atoms with E-state index in [2.05, 4.69) is 74.2 Å².